The maximum atomic E-state index is 10.6. The molecular formula is C15H26N2OS. The Morgan fingerprint density at radius 3 is 2.63 bits per heavy atom. The first kappa shape index (κ1) is 14.9. The van der Waals surface area contributed by atoms with Gasteiger partial charge in [0.1, 0.15) is 0 Å². The number of aliphatic hydroxyl groups is 1. The van der Waals surface area contributed by atoms with Gasteiger partial charge >= 0.3 is 0 Å². The van der Waals surface area contributed by atoms with Crippen LogP contribution in [0, 0.1) is 11.3 Å². The van der Waals surface area contributed by atoms with E-state index in [1.807, 2.05) is 11.7 Å². The summed E-state index contributed by atoms with van der Waals surface area (Å²) in [4.78, 5) is 5.29. The van der Waals surface area contributed by atoms with Gasteiger partial charge in [0.2, 0.25) is 0 Å². The van der Waals surface area contributed by atoms with E-state index in [2.05, 4.69) is 31.1 Å². The summed E-state index contributed by atoms with van der Waals surface area (Å²) < 4.78 is 0. The van der Waals surface area contributed by atoms with E-state index >= 15 is 0 Å². The molecule has 0 spiro atoms. The fourth-order valence-electron chi connectivity index (χ4n) is 2.95. The molecular weight excluding hydrogens is 256 g/mol. The summed E-state index contributed by atoms with van der Waals surface area (Å²) in [6, 6.07) is 0. The van der Waals surface area contributed by atoms with Crippen LogP contribution in [-0.2, 0) is 6.54 Å². The molecule has 19 heavy (non-hydrogen) atoms. The number of aromatic nitrogens is 1. The van der Waals surface area contributed by atoms with Gasteiger partial charge in [-0.3, -0.25) is 4.98 Å². The van der Waals surface area contributed by atoms with E-state index in [0.717, 1.165) is 38.1 Å². The van der Waals surface area contributed by atoms with E-state index < -0.39 is 5.60 Å². The van der Waals surface area contributed by atoms with Gasteiger partial charge in [-0.2, -0.15) is 0 Å². The Hall–Kier alpha value is -0.450. The van der Waals surface area contributed by atoms with E-state index in [1.165, 1.54) is 4.88 Å². The van der Waals surface area contributed by atoms with E-state index in [1.54, 1.807) is 11.3 Å². The maximum Gasteiger partial charge on any atom is 0.0794 e. The molecule has 1 aliphatic rings. The van der Waals surface area contributed by atoms with Crippen molar-refractivity contribution < 1.29 is 5.11 Å². The molecule has 3 nitrogen and oxygen atoms in total. The fraction of sp³-hybridized carbons (Fsp3) is 0.800. The van der Waals surface area contributed by atoms with Gasteiger partial charge in [-0.05, 0) is 37.0 Å². The summed E-state index contributed by atoms with van der Waals surface area (Å²) >= 11 is 1.66. The van der Waals surface area contributed by atoms with Crippen molar-refractivity contribution in [1.82, 2.24) is 10.3 Å². The summed E-state index contributed by atoms with van der Waals surface area (Å²) in [5.41, 5.74) is 1.71. The minimum atomic E-state index is -0.508. The lowest BCUT2D eigenvalue weighted by Crippen LogP contribution is -2.44. The molecule has 1 aromatic rings. The lowest BCUT2D eigenvalue weighted by molar-refractivity contribution is -0.0239. The molecule has 0 saturated heterocycles. The lowest BCUT2D eigenvalue weighted by Gasteiger charge is -2.41. The Bertz CT molecular complexity index is 375. The predicted molar refractivity (Wildman–Crippen MR) is 80.2 cm³/mol. The Kier molecular flexibility index (Phi) is 4.64. The SMILES string of the molecule is CC(C)(C)C1CCC(O)(CNCc2cncs2)CC1. The first-order chi connectivity index (χ1) is 8.89. The topological polar surface area (TPSA) is 45.1 Å². The molecule has 0 radical (unpaired) electrons. The molecule has 1 fully saturated rings. The molecule has 0 bridgehead atoms. The highest BCUT2D eigenvalue weighted by molar-refractivity contribution is 7.09. The van der Waals surface area contributed by atoms with Gasteiger partial charge < -0.3 is 10.4 Å². The minimum absolute atomic E-state index is 0.372. The highest BCUT2D eigenvalue weighted by atomic mass is 32.1. The number of hydrogen-bond acceptors (Lipinski definition) is 4. The molecule has 2 N–H and O–H groups in total. The number of thiazole rings is 1. The quantitative estimate of drug-likeness (QED) is 0.891. The molecule has 4 heteroatoms. The van der Waals surface area contributed by atoms with Crippen LogP contribution in [0.25, 0.3) is 0 Å². The van der Waals surface area contributed by atoms with E-state index in [4.69, 9.17) is 0 Å². The van der Waals surface area contributed by atoms with Crippen molar-refractivity contribution in [3.8, 4) is 0 Å². The van der Waals surface area contributed by atoms with Crippen molar-refractivity contribution in [3.05, 3.63) is 16.6 Å². The molecule has 0 amide bonds. The maximum absolute atomic E-state index is 10.6. The summed E-state index contributed by atoms with van der Waals surface area (Å²) in [6.45, 7) is 8.44. The standard InChI is InChI=1S/C15H26N2OS/c1-14(2,3)12-4-6-15(18,7-5-12)10-16-8-13-9-17-11-19-13/h9,11-12,16,18H,4-8,10H2,1-3H3. The first-order valence-electron chi connectivity index (χ1n) is 7.19. The molecule has 1 heterocycles. The van der Waals surface area contributed by atoms with Gasteiger partial charge in [-0.15, -0.1) is 11.3 Å². The van der Waals surface area contributed by atoms with Gasteiger partial charge in [0, 0.05) is 24.2 Å². The molecule has 0 atom stereocenters. The monoisotopic (exact) mass is 282 g/mol. The molecule has 108 valence electrons. The van der Waals surface area contributed by atoms with Crippen LogP contribution in [0.2, 0.25) is 0 Å². The van der Waals surface area contributed by atoms with Crippen LogP contribution in [0.4, 0.5) is 0 Å². The van der Waals surface area contributed by atoms with Gasteiger partial charge in [-0.1, -0.05) is 20.8 Å². The smallest absolute Gasteiger partial charge is 0.0794 e. The molecule has 1 aliphatic carbocycles. The van der Waals surface area contributed by atoms with Crippen LogP contribution >= 0.6 is 11.3 Å². The van der Waals surface area contributed by atoms with Crippen molar-refractivity contribution in [2.75, 3.05) is 6.54 Å². The zero-order valence-electron chi connectivity index (χ0n) is 12.3. The third kappa shape index (κ3) is 4.26. The Balaban J connectivity index is 1.75. The van der Waals surface area contributed by atoms with Crippen LogP contribution in [-0.4, -0.2) is 22.2 Å². The first-order valence-corrected chi connectivity index (χ1v) is 8.07. The Morgan fingerprint density at radius 1 is 1.42 bits per heavy atom. The summed E-state index contributed by atoms with van der Waals surface area (Å²) in [5, 5.41) is 14.0. The molecule has 1 aromatic heterocycles. The largest absolute Gasteiger partial charge is 0.389 e. The number of nitrogens with zero attached hydrogens (tertiary/aromatic N) is 1. The van der Waals surface area contributed by atoms with E-state index in [-0.39, 0.29) is 0 Å². The third-order valence-corrected chi connectivity index (χ3v) is 5.16. The second-order valence-corrected chi connectivity index (χ2v) is 7.91. The van der Waals surface area contributed by atoms with Gasteiger partial charge in [-0.25, -0.2) is 0 Å². The second-order valence-electron chi connectivity index (χ2n) is 6.94. The van der Waals surface area contributed by atoms with Crippen LogP contribution < -0.4 is 5.32 Å². The van der Waals surface area contributed by atoms with E-state index in [9.17, 15) is 5.11 Å². The number of rotatable bonds is 4. The fourth-order valence-corrected chi connectivity index (χ4v) is 3.51. The van der Waals surface area contributed by atoms with Crippen molar-refractivity contribution in [3.63, 3.8) is 0 Å². The lowest BCUT2D eigenvalue weighted by atomic mass is 9.68. The summed E-state index contributed by atoms with van der Waals surface area (Å²) in [7, 11) is 0. The average molecular weight is 282 g/mol. The molecule has 0 aromatic carbocycles. The molecule has 0 aliphatic heterocycles. The van der Waals surface area contributed by atoms with Crippen LogP contribution in [0.3, 0.4) is 0 Å². The van der Waals surface area contributed by atoms with Gasteiger partial charge in [0.25, 0.3) is 0 Å². The van der Waals surface area contributed by atoms with E-state index in [0.29, 0.717) is 12.0 Å². The Labute approximate surface area is 120 Å². The van der Waals surface area contributed by atoms with Crippen molar-refractivity contribution in [1.29, 1.82) is 0 Å². The van der Waals surface area contributed by atoms with Crippen LogP contribution in [0.1, 0.15) is 51.3 Å². The molecule has 0 unspecified atom stereocenters. The predicted octanol–water partition coefficient (Wildman–Crippen LogP) is 3.20. The zero-order chi connectivity index (χ0) is 13.9. The molecule has 1 saturated carbocycles. The normalized spacial score (nSPS) is 28.5. The summed E-state index contributed by atoms with van der Waals surface area (Å²) in [5.74, 6) is 0.745. The molecule has 2 rings (SSSR count). The highest BCUT2D eigenvalue weighted by Crippen LogP contribution is 2.41. The van der Waals surface area contributed by atoms with Gasteiger partial charge in [0.05, 0.1) is 11.1 Å². The summed E-state index contributed by atoms with van der Waals surface area (Å²) in [6.07, 6.45) is 6.01. The van der Waals surface area contributed by atoms with Crippen LogP contribution in [0.15, 0.2) is 11.7 Å². The average Bonchev–Trinajstić information content (AvgIpc) is 2.81. The van der Waals surface area contributed by atoms with Crippen LogP contribution in [0.5, 0.6) is 0 Å². The van der Waals surface area contributed by atoms with Gasteiger partial charge in [0.15, 0.2) is 0 Å². The van der Waals surface area contributed by atoms with Crippen molar-refractivity contribution in [2.45, 2.75) is 58.6 Å². The Morgan fingerprint density at radius 2 is 2.11 bits per heavy atom. The number of hydrogen-bond donors (Lipinski definition) is 2. The second kappa shape index (κ2) is 5.90. The van der Waals surface area contributed by atoms with Crippen molar-refractivity contribution in [2.24, 2.45) is 11.3 Å². The highest BCUT2D eigenvalue weighted by Gasteiger charge is 2.36. The third-order valence-electron chi connectivity index (χ3n) is 4.38. The van der Waals surface area contributed by atoms with Crippen molar-refractivity contribution >= 4 is 11.3 Å². The zero-order valence-corrected chi connectivity index (χ0v) is 13.1. The number of nitrogens with one attached hydrogen (secondary N) is 1. The minimum Gasteiger partial charge on any atom is -0.389 e.